The number of methoxy groups -OCH3 is 1. The molecule has 2 heterocycles. The molecular formula is C20H17N3O3S. The number of anilines is 1. The van der Waals surface area contributed by atoms with Gasteiger partial charge < -0.3 is 14.6 Å². The van der Waals surface area contributed by atoms with Crippen LogP contribution in [0.15, 0.2) is 53.3 Å². The third kappa shape index (κ3) is 3.29. The lowest BCUT2D eigenvalue weighted by atomic mass is 10.1. The number of hydrogen-bond acceptors (Lipinski definition) is 5. The minimum atomic E-state index is -0.290. The zero-order chi connectivity index (χ0) is 19.0. The maximum Gasteiger partial charge on any atom is 0.259 e. The summed E-state index contributed by atoms with van der Waals surface area (Å²) in [6, 6.07) is 14.8. The fourth-order valence-electron chi connectivity index (χ4n) is 3.01. The van der Waals surface area contributed by atoms with Crippen molar-refractivity contribution in [3.05, 3.63) is 64.6 Å². The summed E-state index contributed by atoms with van der Waals surface area (Å²) in [5.74, 6) is 0.448. The van der Waals surface area contributed by atoms with Crippen molar-refractivity contribution in [3.63, 3.8) is 0 Å². The van der Waals surface area contributed by atoms with Gasteiger partial charge in [0, 0.05) is 11.1 Å². The second kappa shape index (κ2) is 6.85. The van der Waals surface area contributed by atoms with Gasteiger partial charge in [0.15, 0.2) is 5.13 Å². The zero-order valence-corrected chi connectivity index (χ0v) is 15.7. The Bertz CT molecular complexity index is 1230. The molecule has 0 aliphatic carbocycles. The predicted molar refractivity (Wildman–Crippen MR) is 108 cm³/mol. The van der Waals surface area contributed by atoms with Crippen LogP contribution in [0.1, 0.15) is 5.69 Å². The van der Waals surface area contributed by atoms with Gasteiger partial charge >= 0.3 is 0 Å². The number of aromatic nitrogens is 2. The molecule has 0 spiro atoms. The first kappa shape index (κ1) is 17.2. The normalized spacial score (nSPS) is 11.0. The Hall–Kier alpha value is -3.19. The molecule has 1 N–H and O–H groups in total. The largest absolute Gasteiger partial charge is 0.497 e. The SMILES string of the molecule is COc1ccc2nc(NC(=O)Cn3c(C)cc4ccccc4c3=O)sc2c1. The Morgan fingerprint density at radius 1 is 1.22 bits per heavy atom. The van der Waals surface area contributed by atoms with Crippen LogP contribution in [0.5, 0.6) is 5.75 Å². The van der Waals surface area contributed by atoms with E-state index in [1.165, 1.54) is 15.9 Å². The van der Waals surface area contributed by atoms with Gasteiger partial charge in [0.25, 0.3) is 5.56 Å². The van der Waals surface area contributed by atoms with E-state index in [9.17, 15) is 9.59 Å². The molecule has 0 aliphatic heterocycles. The van der Waals surface area contributed by atoms with Crippen LogP contribution in [0.4, 0.5) is 5.13 Å². The van der Waals surface area contributed by atoms with Crippen LogP contribution in [-0.4, -0.2) is 22.6 Å². The van der Waals surface area contributed by atoms with Crippen molar-refractivity contribution >= 4 is 43.4 Å². The van der Waals surface area contributed by atoms with Crippen LogP contribution in [0.3, 0.4) is 0 Å². The third-order valence-electron chi connectivity index (χ3n) is 4.37. The molecule has 27 heavy (non-hydrogen) atoms. The summed E-state index contributed by atoms with van der Waals surface area (Å²) in [6.45, 7) is 1.76. The summed E-state index contributed by atoms with van der Waals surface area (Å²) in [6.07, 6.45) is 0. The highest BCUT2D eigenvalue weighted by atomic mass is 32.1. The van der Waals surface area contributed by atoms with Gasteiger partial charge in [-0.15, -0.1) is 0 Å². The molecule has 0 radical (unpaired) electrons. The Balaban J connectivity index is 1.59. The van der Waals surface area contributed by atoms with Crippen molar-refractivity contribution in [2.45, 2.75) is 13.5 Å². The van der Waals surface area contributed by atoms with Gasteiger partial charge in [-0.3, -0.25) is 9.59 Å². The molecule has 4 aromatic rings. The summed E-state index contributed by atoms with van der Waals surface area (Å²) in [7, 11) is 1.61. The number of nitrogens with one attached hydrogen (secondary N) is 1. The number of pyridine rings is 1. The van der Waals surface area contributed by atoms with Crippen LogP contribution in [0.25, 0.3) is 21.0 Å². The fraction of sp³-hybridized carbons (Fsp3) is 0.150. The van der Waals surface area contributed by atoms with E-state index in [1.807, 2.05) is 49.4 Å². The number of thiazole rings is 1. The van der Waals surface area contributed by atoms with E-state index in [0.717, 1.165) is 27.0 Å². The van der Waals surface area contributed by atoms with Gasteiger partial charge in [0.2, 0.25) is 5.91 Å². The quantitative estimate of drug-likeness (QED) is 0.588. The minimum Gasteiger partial charge on any atom is -0.497 e. The molecule has 0 saturated heterocycles. The number of nitrogens with zero attached hydrogens (tertiary/aromatic N) is 2. The number of carbonyl (C=O) groups excluding carboxylic acids is 1. The second-order valence-corrected chi connectivity index (χ2v) is 7.20. The molecule has 6 nitrogen and oxygen atoms in total. The molecule has 7 heteroatoms. The summed E-state index contributed by atoms with van der Waals surface area (Å²) < 4.78 is 7.61. The molecule has 2 aromatic carbocycles. The Morgan fingerprint density at radius 2 is 2.04 bits per heavy atom. The topological polar surface area (TPSA) is 73.2 Å². The van der Waals surface area contributed by atoms with E-state index >= 15 is 0 Å². The first-order valence-corrected chi connectivity index (χ1v) is 9.20. The molecule has 0 saturated carbocycles. The van der Waals surface area contributed by atoms with Gasteiger partial charge in [-0.25, -0.2) is 4.98 Å². The van der Waals surface area contributed by atoms with Crippen LogP contribution in [-0.2, 0) is 11.3 Å². The lowest BCUT2D eigenvalue weighted by Gasteiger charge is -2.11. The van der Waals surface area contributed by atoms with Crippen molar-refractivity contribution in [1.82, 2.24) is 9.55 Å². The molecule has 4 rings (SSSR count). The Kier molecular flexibility index (Phi) is 4.37. The lowest BCUT2D eigenvalue weighted by Crippen LogP contribution is -2.29. The van der Waals surface area contributed by atoms with Gasteiger partial charge in [0.05, 0.1) is 17.3 Å². The number of benzene rings is 2. The number of amides is 1. The van der Waals surface area contributed by atoms with Crippen LogP contribution in [0.2, 0.25) is 0 Å². The van der Waals surface area contributed by atoms with E-state index in [2.05, 4.69) is 10.3 Å². The molecule has 0 atom stereocenters. The zero-order valence-electron chi connectivity index (χ0n) is 14.9. The smallest absolute Gasteiger partial charge is 0.259 e. The monoisotopic (exact) mass is 379 g/mol. The van der Waals surface area contributed by atoms with Crippen LogP contribution in [0, 0.1) is 6.92 Å². The van der Waals surface area contributed by atoms with E-state index < -0.39 is 0 Å². The highest BCUT2D eigenvalue weighted by Gasteiger charge is 2.13. The average molecular weight is 379 g/mol. The molecule has 0 unspecified atom stereocenters. The molecule has 1 amide bonds. The van der Waals surface area contributed by atoms with Crippen molar-refractivity contribution < 1.29 is 9.53 Å². The fourth-order valence-corrected chi connectivity index (χ4v) is 3.92. The van der Waals surface area contributed by atoms with Crippen molar-refractivity contribution in [1.29, 1.82) is 0 Å². The Morgan fingerprint density at radius 3 is 2.85 bits per heavy atom. The van der Waals surface area contributed by atoms with Gasteiger partial charge in [-0.1, -0.05) is 29.5 Å². The predicted octanol–water partition coefficient (Wildman–Crippen LogP) is 3.57. The van der Waals surface area contributed by atoms with E-state index in [0.29, 0.717) is 10.5 Å². The lowest BCUT2D eigenvalue weighted by molar-refractivity contribution is -0.116. The van der Waals surface area contributed by atoms with Gasteiger partial charge in [-0.05, 0) is 42.6 Å². The third-order valence-corrected chi connectivity index (χ3v) is 5.30. The number of aryl methyl sites for hydroxylation is 1. The second-order valence-electron chi connectivity index (χ2n) is 6.17. The van der Waals surface area contributed by atoms with Gasteiger partial charge in [0.1, 0.15) is 12.3 Å². The first-order valence-electron chi connectivity index (χ1n) is 8.39. The number of fused-ring (bicyclic) bond motifs is 2. The number of ether oxygens (including phenoxy) is 1. The highest BCUT2D eigenvalue weighted by molar-refractivity contribution is 7.22. The highest BCUT2D eigenvalue weighted by Crippen LogP contribution is 2.29. The molecular weight excluding hydrogens is 362 g/mol. The molecule has 2 aromatic heterocycles. The van der Waals surface area contributed by atoms with Crippen molar-refractivity contribution in [3.8, 4) is 5.75 Å². The standard InChI is InChI=1S/C20H17N3O3S/c1-12-9-13-5-3-4-6-15(13)19(25)23(12)11-18(24)22-20-21-16-8-7-14(26-2)10-17(16)27-20/h3-10H,11H2,1-2H3,(H,21,22,24). The molecule has 136 valence electrons. The van der Waals surface area contributed by atoms with Crippen LogP contribution < -0.4 is 15.6 Å². The molecule has 0 aliphatic rings. The van der Waals surface area contributed by atoms with E-state index in [1.54, 1.807) is 13.2 Å². The number of rotatable bonds is 4. The van der Waals surface area contributed by atoms with E-state index in [4.69, 9.17) is 4.74 Å². The van der Waals surface area contributed by atoms with Crippen LogP contribution >= 0.6 is 11.3 Å². The first-order chi connectivity index (χ1) is 13.0. The summed E-state index contributed by atoms with van der Waals surface area (Å²) in [5, 5.41) is 4.75. The average Bonchev–Trinajstić information content (AvgIpc) is 3.06. The van der Waals surface area contributed by atoms with Crippen molar-refractivity contribution in [2.75, 3.05) is 12.4 Å². The van der Waals surface area contributed by atoms with E-state index in [-0.39, 0.29) is 18.0 Å². The Labute approximate surface area is 159 Å². The molecule has 0 bridgehead atoms. The van der Waals surface area contributed by atoms with Crippen molar-refractivity contribution in [2.24, 2.45) is 0 Å². The molecule has 0 fully saturated rings. The number of hydrogen-bond donors (Lipinski definition) is 1. The minimum absolute atomic E-state index is 0.0608. The summed E-state index contributed by atoms with van der Waals surface area (Å²) >= 11 is 1.37. The number of carbonyl (C=O) groups is 1. The summed E-state index contributed by atoms with van der Waals surface area (Å²) in [5.41, 5.74) is 1.35. The maximum atomic E-state index is 12.7. The summed E-state index contributed by atoms with van der Waals surface area (Å²) in [4.78, 5) is 29.6. The maximum absolute atomic E-state index is 12.7. The van der Waals surface area contributed by atoms with Gasteiger partial charge in [-0.2, -0.15) is 0 Å².